The molecule has 336 valence electrons. The quantitative estimate of drug-likeness (QED) is 0.0379. The molecule has 6 aromatic rings. The van der Waals surface area contributed by atoms with Gasteiger partial charge in [0.1, 0.15) is 34.7 Å². The Morgan fingerprint density at radius 2 is 0.953 bits per heavy atom. The van der Waals surface area contributed by atoms with Crippen molar-refractivity contribution in [3.05, 3.63) is 108 Å². The predicted octanol–water partition coefficient (Wildman–Crippen LogP) is 3.08. The highest BCUT2D eigenvalue weighted by atomic mass is 32.2. The Hall–Kier alpha value is -6.90. The van der Waals surface area contributed by atoms with E-state index in [0.29, 0.717) is 11.4 Å². The molecule has 0 fully saturated rings. The number of rotatable bonds is 16. The van der Waals surface area contributed by atoms with Gasteiger partial charge in [0, 0.05) is 28.1 Å². The van der Waals surface area contributed by atoms with Gasteiger partial charge in [-0.05, 0) is 64.1 Å². The summed E-state index contributed by atoms with van der Waals surface area (Å²) in [6, 6.07) is 24.3. The third-order valence-corrected chi connectivity index (χ3v) is 11.1. The molecule has 0 saturated carbocycles. The average Bonchev–Trinajstić information content (AvgIpc) is 3.22. The minimum Gasteiger partial charge on any atom is -0.397 e. The third-order valence-electron chi connectivity index (χ3n) is 9.29. The normalized spacial score (nSPS) is 14.2. The number of nitrogens with zero attached hydrogens (tertiary/aromatic N) is 8. The molecule has 4 atom stereocenters. The Morgan fingerprint density at radius 1 is 0.531 bits per heavy atom. The third kappa shape index (κ3) is 10.3. The maximum atomic E-state index is 14.0. The van der Waals surface area contributed by atoms with Gasteiger partial charge in [-0.1, -0.05) is 60.7 Å². The number of anilines is 6. The Balaban J connectivity index is 1.79. The molecule has 64 heavy (non-hydrogen) atoms. The molecule has 22 nitrogen and oxygen atoms in total. The number of hydrogen-bond acceptors (Lipinski definition) is 20. The summed E-state index contributed by atoms with van der Waals surface area (Å²) < 4.78 is 74.1. The van der Waals surface area contributed by atoms with Crippen LogP contribution >= 0.6 is 0 Å². The smallest absolute Gasteiger partial charge is 0.295 e. The first-order chi connectivity index (χ1) is 30.1. The molecule has 0 saturated heterocycles. The summed E-state index contributed by atoms with van der Waals surface area (Å²) in [5, 5.41) is 49.2. The molecule has 0 amide bonds. The fourth-order valence-corrected chi connectivity index (χ4v) is 8.20. The van der Waals surface area contributed by atoms with Crippen LogP contribution in [-0.4, -0.2) is 101 Å². The SMILES string of the molecule is CC(O)N(c1nc(Nc2ccccc2)nc(-c2ccc(C(N)=C(N)c3ccccc3S(=O)(=O)O)c(S(=O)(=O)O)c2-c2nc(Nc3ccccc3)nc(N(C(C)O)C(C)O)n2)n1)C(C)O. The van der Waals surface area contributed by atoms with E-state index in [1.54, 1.807) is 60.7 Å². The highest BCUT2D eigenvalue weighted by Gasteiger charge is 2.33. The van der Waals surface area contributed by atoms with Crippen LogP contribution in [0.2, 0.25) is 0 Å². The number of aliphatic hydroxyl groups is 4. The highest BCUT2D eigenvalue weighted by molar-refractivity contribution is 7.86. The van der Waals surface area contributed by atoms with Crippen LogP contribution in [0.15, 0.2) is 107 Å². The standard InChI is InChI=1S/C40H44N12O10S2/c1-21(53)51(22(2)54)39-47-35(45-37(49-39)43-25-13-7-5-8-14-25)28-19-20-29(33(42)32(41)27-17-11-12-18-30(27)63(57,58)59)34(64(60,61)62)31(28)36-46-38(44-26-15-9-6-10-16-26)50-40(48-36)52(23(3)55)24(4)56/h5-24,53-56H,41-42H2,1-4H3,(H,57,58,59)(H,60,61,62)(H,43,45,47,49)(H,44,46,48,50). The fourth-order valence-electron chi connectivity index (χ4n) is 6.57. The van der Waals surface area contributed by atoms with E-state index in [1.807, 2.05) is 0 Å². The topological polar surface area (TPSA) is 350 Å². The van der Waals surface area contributed by atoms with Crippen molar-refractivity contribution in [3.8, 4) is 22.8 Å². The van der Waals surface area contributed by atoms with Gasteiger partial charge in [-0.15, -0.1) is 0 Å². The van der Waals surface area contributed by atoms with E-state index in [4.69, 9.17) is 11.5 Å². The minimum atomic E-state index is -5.54. The monoisotopic (exact) mass is 916 g/mol. The van der Waals surface area contributed by atoms with Gasteiger partial charge in [0.05, 0.1) is 17.0 Å². The van der Waals surface area contributed by atoms with E-state index in [-0.39, 0.29) is 34.8 Å². The molecule has 6 rings (SSSR count). The Kier molecular flexibility index (Phi) is 13.7. The summed E-state index contributed by atoms with van der Waals surface area (Å²) in [5.74, 6) is -2.10. The number of hydrogen-bond donors (Lipinski definition) is 10. The average molecular weight is 917 g/mol. The summed E-state index contributed by atoms with van der Waals surface area (Å²) in [7, 11) is -10.5. The van der Waals surface area contributed by atoms with Crippen molar-refractivity contribution >= 4 is 66.8 Å². The fraction of sp³-hybridized carbons (Fsp3) is 0.200. The largest absolute Gasteiger partial charge is 0.397 e. The van der Waals surface area contributed by atoms with Gasteiger partial charge in [-0.2, -0.15) is 46.7 Å². The summed E-state index contributed by atoms with van der Waals surface area (Å²) in [6.45, 7) is 5.28. The van der Waals surface area contributed by atoms with Crippen molar-refractivity contribution in [1.82, 2.24) is 29.9 Å². The van der Waals surface area contributed by atoms with Gasteiger partial charge in [-0.25, -0.2) is 0 Å². The predicted molar refractivity (Wildman–Crippen MR) is 236 cm³/mol. The molecule has 0 aliphatic carbocycles. The lowest BCUT2D eigenvalue weighted by Gasteiger charge is -2.29. The van der Waals surface area contributed by atoms with Crippen LogP contribution in [0.1, 0.15) is 38.8 Å². The van der Waals surface area contributed by atoms with Gasteiger partial charge in [-0.3, -0.25) is 18.9 Å². The number of nitrogens with one attached hydrogen (secondary N) is 2. The maximum Gasteiger partial charge on any atom is 0.295 e. The highest BCUT2D eigenvalue weighted by Crippen LogP contribution is 2.41. The summed E-state index contributed by atoms with van der Waals surface area (Å²) in [4.78, 5) is 27.2. The molecular formula is C40H44N12O10S2. The van der Waals surface area contributed by atoms with Crippen molar-refractivity contribution in [3.63, 3.8) is 0 Å². The molecule has 0 bridgehead atoms. The number of aromatic nitrogens is 6. The van der Waals surface area contributed by atoms with Gasteiger partial charge in [0.15, 0.2) is 11.6 Å². The molecule has 0 aliphatic heterocycles. The molecule has 0 radical (unpaired) electrons. The van der Waals surface area contributed by atoms with Crippen molar-refractivity contribution in [1.29, 1.82) is 0 Å². The van der Waals surface area contributed by atoms with Crippen molar-refractivity contribution in [2.24, 2.45) is 11.5 Å². The Morgan fingerprint density at radius 3 is 1.41 bits per heavy atom. The van der Waals surface area contributed by atoms with Crippen molar-refractivity contribution in [2.45, 2.75) is 62.4 Å². The molecule has 4 aromatic carbocycles. The zero-order valence-corrected chi connectivity index (χ0v) is 36.0. The molecule has 2 heterocycles. The lowest BCUT2D eigenvalue weighted by Crippen LogP contribution is -2.41. The molecule has 0 spiro atoms. The summed E-state index contributed by atoms with van der Waals surface area (Å²) in [6.07, 6.45) is -5.73. The van der Waals surface area contributed by atoms with Crippen LogP contribution in [0, 0.1) is 0 Å². The lowest BCUT2D eigenvalue weighted by molar-refractivity contribution is 0.102. The number of benzene rings is 4. The second-order valence-electron chi connectivity index (χ2n) is 14.0. The molecule has 2 aromatic heterocycles. The van der Waals surface area contributed by atoms with Crippen LogP contribution in [0.3, 0.4) is 0 Å². The van der Waals surface area contributed by atoms with Gasteiger partial charge in [0.2, 0.25) is 23.8 Å². The Labute approximate surface area is 367 Å². The number of nitrogens with two attached hydrogens (primary N) is 2. The van der Waals surface area contributed by atoms with E-state index < -0.39 is 89.2 Å². The van der Waals surface area contributed by atoms with Crippen molar-refractivity contribution in [2.75, 3.05) is 20.4 Å². The Bertz CT molecular complexity index is 2890. The maximum absolute atomic E-state index is 14.0. The first kappa shape index (κ1) is 46.6. The molecule has 12 N–H and O–H groups in total. The van der Waals surface area contributed by atoms with Crippen LogP contribution in [-0.2, 0) is 20.2 Å². The lowest BCUT2D eigenvalue weighted by atomic mass is 9.98. The number of para-hydroxylation sites is 2. The van der Waals surface area contributed by atoms with Gasteiger partial charge in [0.25, 0.3) is 20.2 Å². The molecule has 0 aliphatic rings. The molecular weight excluding hydrogens is 873 g/mol. The van der Waals surface area contributed by atoms with Crippen LogP contribution in [0.5, 0.6) is 0 Å². The van der Waals surface area contributed by atoms with Crippen LogP contribution < -0.4 is 31.9 Å². The first-order valence-corrected chi connectivity index (χ1v) is 22.0. The van der Waals surface area contributed by atoms with Crippen LogP contribution in [0.4, 0.5) is 35.2 Å². The first-order valence-electron chi connectivity index (χ1n) is 19.1. The van der Waals surface area contributed by atoms with Crippen LogP contribution in [0.25, 0.3) is 34.2 Å². The second-order valence-corrected chi connectivity index (χ2v) is 16.8. The minimum absolute atomic E-state index is 0.177. The van der Waals surface area contributed by atoms with Crippen molar-refractivity contribution < 1.29 is 46.4 Å². The van der Waals surface area contributed by atoms with E-state index in [1.165, 1.54) is 52.0 Å². The molecule has 24 heteroatoms. The van der Waals surface area contributed by atoms with E-state index in [2.05, 4.69) is 40.5 Å². The second kappa shape index (κ2) is 18.8. The van der Waals surface area contributed by atoms with Gasteiger partial charge < -0.3 is 42.5 Å². The van der Waals surface area contributed by atoms with E-state index in [9.17, 15) is 46.4 Å². The number of aliphatic hydroxyl groups excluding tert-OH is 4. The van der Waals surface area contributed by atoms with E-state index >= 15 is 0 Å². The summed E-state index contributed by atoms with van der Waals surface area (Å²) in [5.41, 5.74) is 11.1. The van der Waals surface area contributed by atoms with E-state index in [0.717, 1.165) is 21.9 Å². The zero-order valence-electron chi connectivity index (χ0n) is 34.4. The summed E-state index contributed by atoms with van der Waals surface area (Å²) >= 11 is 0. The zero-order chi connectivity index (χ0) is 46.7. The van der Waals surface area contributed by atoms with Gasteiger partial charge >= 0.3 is 0 Å². The molecule has 4 unspecified atom stereocenters.